The van der Waals surface area contributed by atoms with Gasteiger partial charge >= 0.3 is 13.2 Å². The van der Waals surface area contributed by atoms with E-state index in [0.717, 1.165) is 10.5 Å². The van der Waals surface area contributed by atoms with E-state index in [0.29, 0.717) is 17.0 Å². The van der Waals surface area contributed by atoms with E-state index in [2.05, 4.69) is 14.5 Å². The fourth-order valence-electron chi connectivity index (χ4n) is 3.00. The predicted molar refractivity (Wildman–Crippen MR) is 115 cm³/mol. The molecular formula is C22H27F4N2O4S+. The third kappa shape index (κ3) is 8.11. The van der Waals surface area contributed by atoms with Gasteiger partial charge in [0.2, 0.25) is 0 Å². The maximum atomic E-state index is 12.9. The standard InChI is InChI=1S/C22H26F4N2O4S/c1-5-13(8-9-28-30-4)10-15(18-12-27-19(33-18)22(2,3)29)14-6-7-16(31-20(23)24)17(11-14)32-21(25)26/h5-9,11-12,15,20-21,28-29H,10H2,1-4H3/p+1/b9-8-,13-5+. The van der Waals surface area contributed by atoms with Crippen LogP contribution in [0, 0.1) is 0 Å². The summed E-state index contributed by atoms with van der Waals surface area (Å²) in [7, 11) is 1.52. The normalized spacial score (nSPS) is 13.8. The van der Waals surface area contributed by atoms with Gasteiger partial charge in [0.1, 0.15) is 16.8 Å². The Balaban J connectivity index is 2.53. The molecule has 1 unspecified atom stereocenters. The van der Waals surface area contributed by atoms with E-state index in [1.54, 1.807) is 26.2 Å². The number of rotatable bonds is 12. The molecule has 0 amide bonds. The van der Waals surface area contributed by atoms with E-state index in [1.807, 2.05) is 19.1 Å². The molecule has 2 rings (SSSR count). The summed E-state index contributed by atoms with van der Waals surface area (Å²) in [6.07, 6.45) is 7.47. The molecule has 0 saturated heterocycles. The van der Waals surface area contributed by atoms with Crippen LogP contribution < -0.4 is 15.0 Å². The summed E-state index contributed by atoms with van der Waals surface area (Å²) in [5, 5.41) is 10.8. The molecule has 1 aromatic heterocycles. The van der Waals surface area contributed by atoms with Gasteiger partial charge in [-0.2, -0.15) is 23.0 Å². The summed E-state index contributed by atoms with van der Waals surface area (Å²) in [6, 6.07) is 3.95. The molecule has 33 heavy (non-hydrogen) atoms. The maximum Gasteiger partial charge on any atom is 0.387 e. The number of hydroxylamine groups is 1. The van der Waals surface area contributed by atoms with Gasteiger partial charge in [0.05, 0.1) is 7.11 Å². The molecular weight excluding hydrogens is 464 g/mol. The Kier molecular flexibility index (Phi) is 9.84. The van der Waals surface area contributed by atoms with Crippen LogP contribution in [0.2, 0.25) is 0 Å². The predicted octanol–water partition coefficient (Wildman–Crippen LogP) is 4.68. The molecule has 0 aliphatic carbocycles. The number of alkyl halides is 4. The first-order chi connectivity index (χ1) is 15.5. The highest BCUT2D eigenvalue weighted by Gasteiger charge is 2.26. The Morgan fingerprint density at radius 1 is 1.18 bits per heavy atom. The molecule has 0 bridgehead atoms. The number of ether oxygens (including phenoxy) is 2. The summed E-state index contributed by atoms with van der Waals surface area (Å²) in [5.74, 6) is -1.38. The number of allylic oxidation sites excluding steroid dienone is 3. The Hall–Kier alpha value is -2.47. The summed E-state index contributed by atoms with van der Waals surface area (Å²) in [6.45, 7) is -1.35. The molecule has 1 atom stereocenters. The number of hydrogen-bond acceptors (Lipinski definition) is 6. The molecule has 0 saturated carbocycles. The lowest BCUT2D eigenvalue weighted by Gasteiger charge is -2.19. The van der Waals surface area contributed by atoms with Crippen LogP contribution in [0.15, 0.2) is 48.3 Å². The molecule has 6 nitrogen and oxygen atoms in total. The fraction of sp³-hybridized carbons (Fsp3) is 0.409. The van der Waals surface area contributed by atoms with Crippen molar-refractivity contribution >= 4 is 11.3 Å². The smallest absolute Gasteiger partial charge is 0.387 e. The fourth-order valence-corrected chi connectivity index (χ4v) is 4.04. The van der Waals surface area contributed by atoms with Crippen molar-refractivity contribution in [2.75, 3.05) is 7.11 Å². The molecule has 0 aliphatic rings. The second-order valence-electron chi connectivity index (χ2n) is 7.44. The monoisotopic (exact) mass is 491 g/mol. The minimum absolute atomic E-state index is 0.391. The van der Waals surface area contributed by atoms with Crippen LogP contribution in [0.1, 0.15) is 48.6 Å². The second-order valence-corrected chi connectivity index (χ2v) is 8.50. The molecule has 2 aromatic rings. The number of aliphatic hydroxyl groups is 1. The van der Waals surface area contributed by atoms with Gasteiger partial charge in [-0.05, 0) is 56.5 Å². The summed E-state index contributed by atoms with van der Waals surface area (Å²) >= 11 is 1.27. The zero-order chi connectivity index (χ0) is 24.6. The van der Waals surface area contributed by atoms with E-state index in [4.69, 9.17) is 4.84 Å². The van der Waals surface area contributed by atoms with Crippen molar-refractivity contribution in [1.29, 1.82) is 0 Å². The number of thiazole rings is 1. The Labute approximate surface area is 193 Å². The molecule has 0 radical (unpaired) electrons. The van der Waals surface area contributed by atoms with Crippen molar-refractivity contribution in [2.24, 2.45) is 0 Å². The zero-order valence-electron chi connectivity index (χ0n) is 18.6. The Morgan fingerprint density at radius 3 is 2.39 bits per heavy atom. The first kappa shape index (κ1) is 26.8. The molecule has 11 heteroatoms. The molecule has 1 aromatic carbocycles. The Bertz CT molecular complexity index is 958. The average molecular weight is 492 g/mol. The van der Waals surface area contributed by atoms with Gasteiger partial charge in [-0.15, -0.1) is 11.3 Å². The van der Waals surface area contributed by atoms with E-state index < -0.39 is 36.2 Å². The molecule has 0 spiro atoms. The lowest BCUT2D eigenvalue weighted by atomic mass is 9.90. The largest absolute Gasteiger partial charge is 0.431 e. The number of aromatic nitrogens is 1. The lowest BCUT2D eigenvalue weighted by Crippen LogP contribution is -2.75. The number of quaternary nitrogens is 1. The highest BCUT2D eigenvalue weighted by atomic mass is 32.1. The van der Waals surface area contributed by atoms with Crippen molar-refractivity contribution in [3.63, 3.8) is 0 Å². The maximum absolute atomic E-state index is 12.9. The number of halogens is 4. The minimum atomic E-state index is -3.22. The van der Waals surface area contributed by atoms with Crippen molar-refractivity contribution < 1.29 is 42.5 Å². The van der Waals surface area contributed by atoms with Crippen LogP contribution in [0.3, 0.4) is 0 Å². The zero-order valence-corrected chi connectivity index (χ0v) is 19.4. The quantitative estimate of drug-likeness (QED) is 0.256. The van der Waals surface area contributed by atoms with Crippen LogP contribution in [0.25, 0.3) is 0 Å². The number of benzene rings is 1. The summed E-state index contributed by atoms with van der Waals surface area (Å²) in [4.78, 5) is 9.96. The first-order valence-electron chi connectivity index (χ1n) is 9.95. The van der Waals surface area contributed by atoms with Crippen molar-refractivity contribution in [2.45, 2.75) is 51.9 Å². The number of nitrogens with two attached hydrogens (primary N) is 1. The number of nitrogens with zero attached hydrogens (tertiary/aromatic N) is 1. The first-order valence-corrected chi connectivity index (χ1v) is 10.8. The average Bonchev–Trinajstić information content (AvgIpc) is 3.22. The van der Waals surface area contributed by atoms with Crippen LogP contribution in [0.4, 0.5) is 17.6 Å². The van der Waals surface area contributed by atoms with Crippen molar-refractivity contribution in [3.8, 4) is 11.5 Å². The van der Waals surface area contributed by atoms with Gasteiger partial charge < -0.3 is 14.6 Å². The topological polar surface area (TPSA) is 77.4 Å². The van der Waals surface area contributed by atoms with Gasteiger partial charge in [0, 0.05) is 17.0 Å². The van der Waals surface area contributed by atoms with Crippen LogP contribution >= 0.6 is 11.3 Å². The van der Waals surface area contributed by atoms with Crippen molar-refractivity contribution in [1.82, 2.24) is 4.98 Å². The highest BCUT2D eigenvalue weighted by molar-refractivity contribution is 7.11. The Morgan fingerprint density at radius 2 is 1.85 bits per heavy atom. The number of hydrogen-bond donors (Lipinski definition) is 2. The van der Waals surface area contributed by atoms with Gasteiger partial charge in [0.25, 0.3) is 0 Å². The van der Waals surface area contributed by atoms with E-state index in [-0.39, 0.29) is 0 Å². The molecule has 3 N–H and O–H groups in total. The summed E-state index contributed by atoms with van der Waals surface area (Å²) in [5.41, 5.74) is 1.77. The van der Waals surface area contributed by atoms with Crippen LogP contribution in [-0.4, -0.2) is 30.4 Å². The second kappa shape index (κ2) is 12.1. The van der Waals surface area contributed by atoms with Gasteiger partial charge in [0.15, 0.2) is 11.5 Å². The van der Waals surface area contributed by atoms with Gasteiger partial charge in [-0.1, -0.05) is 12.1 Å². The van der Waals surface area contributed by atoms with E-state index in [9.17, 15) is 22.7 Å². The lowest BCUT2D eigenvalue weighted by molar-refractivity contribution is -0.842. The van der Waals surface area contributed by atoms with Gasteiger partial charge in [-0.25, -0.2) is 9.82 Å². The third-order valence-electron chi connectivity index (χ3n) is 4.53. The SMILES string of the molecule is C/C=C(\C=C/[NH2+]OC)CC(c1ccc(OC(F)F)c(OC(F)F)c1)c1cnc(C(C)(C)O)s1. The molecule has 182 valence electrons. The van der Waals surface area contributed by atoms with Crippen LogP contribution in [-0.2, 0) is 10.4 Å². The van der Waals surface area contributed by atoms with Crippen molar-refractivity contribution in [3.05, 3.63) is 63.8 Å². The van der Waals surface area contributed by atoms with Crippen LogP contribution in [0.5, 0.6) is 11.5 Å². The van der Waals surface area contributed by atoms with E-state index in [1.165, 1.54) is 42.1 Å². The third-order valence-corrected chi connectivity index (χ3v) is 5.95. The highest BCUT2D eigenvalue weighted by Crippen LogP contribution is 2.40. The molecule has 0 fully saturated rings. The molecule has 0 aliphatic heterocycles. The van der Waals surface area contributed by atoms with E-state index >= 15 is 0 Å². The molecule has 1 heterocycles. The van der Waals surface area contributed by atoms with Gasteiger partial charge in [-0.3, -0.25) is 0 Å². The minimum Gasteiger partial charge on any atom is -0.431 e. The summed E-state index contributed by atoms with van der Waals surface area (Å²) < 4.78 is 60.1.